The van der Waals surface area contributed by atoms with Crippen LogP contribution in [0.2, 0.25) is 0 Å². The molecule has 2 aliphatic heterocycles. The second-order valence-corrected chi connectivity index (χ2v) is 15.5. The SMILES string of the molecule is C=CCNC(=O)C(=O)CNC(=O)[C@@H]1[C@@H]2[C@H](CN1C(=O)[C@@H](NC(=O)N[C@H](CC1CCOC(=O)CC1)C(C)(C)C)C(C)(C)C)C2(C)C. The van der Waals surface area contributed by atoms with Crippen LogP contribution in [0.1, 0.15) is 81.1 Å². The van der Waals surface area contributed by atoms with E-state index < -0.39 is 47.7 Å². The largest absolute Gasteiger partial charge is 0.466 e. The van der Waals surface area contributed by atoms with Gasteiger partial charge in [0.2, 0.25) is 17.6 Å². The number of carbonyl (C=O) groups is 6. The fourth-order valence-electron chi connectivity index (χ4n) is 6.65. The molecule has 3 aliphatic rings. The van der Waals surface area contributed by atoms with Crippen molar-refractivity contribution in [1.29, 1.82) is 0 Å². The molecule has 3 rings (SSSR count). The van der Waals surface area contributed by atoms with Gasteiger partial charge in [-0.2, -0.15) is 0 Å². The van der Waals surface area contributed by atoms with Gasteiger partial charge < -0.3 is 30.9 Å². The fourth-order valence-corrected chi connectivity index (χ4v) is 6.65. The number of hydrogen-bond acceptors (Lipinski definition) is 7. The Labute approximate surface area is 267 Å². The van der Waals surface area contributed by atoms with Gasteiger partial charge in [-0.15, -0.1) is 6.58 Å². The predicted octanol–water partition coefficient (Wildman–Crippen LogP) is 2.32. The molecule has 6 atom stereocenters. The van der Waals surface area contributed by atoms with Crippen LogP contribution in [0.3, 0.4) is 0 Å². The zero-order valence-electron chi connectivity index (χ0n) is 28.2. The van der Waals surface area contributed by atoms with Crippen molar-refractivity contribution in [2.24, 2.45) is 34.0 Å². The van der Waals surface area contributed by atoms with Crippen LogP contribution in [0, 0.1) is 34.0 Å². The van der Waals surface area contributed by atoms with Gasteiger partial charge in [0.05, 0.1) is 13.2 Å². The van der Waals surface area contributed by atoms with E-state index >= 15 is 0 Å². The second kappa shape index (κ2) is 13.9. The lowest BCUT2D eigenvalue weighted by Gasteiger charge is -2.39. The molecule has 2 saturated heterocycles. The molecule has 4 N–H and O–H groups in total. The lowest BCUT2D eigenvalue weighted by Crippen LogP contribution is -2.61. The molecule has 0 spiro atoms. The molecular formula is C33H53N5O7. The molecule has 252 valence electrons. The van der Waals surface area contributed by atoms with Crippen LogP contribution in [0.5, 0.6) is 0 Å². The number of ether oxygens (including phenoxy) is 1. The predicted molar refractivity (Wildman–Crippen MR) is 169 cm³/mol. The molecule has 0 aromatic heterocycles. The number of cyclic esters (lactones) is 1. The second-order valence-electron chi connectivity index (χ2n) is 15.5. The zero-order chi connectivity index (χ0) is 33.9. The number of nitrogens with zero attached hydrogens (tertiary/aromatic N) is 1. The van der Waals surface area contributed by atoms with Crippen LogP contribution in [0.4, 0.5) is 4.79 Å². The highest BCUT2D eigenvalue weighted by atomic mass is 16.5. The Hall–Kier alpha value is -3.44. The van der Waals surface area contributed by atoms with Gasteiger partial charge in [-0.3, -0.25) is 24.0 Å². The summed E-state index contributed by atoms with van der Waals surface area (Å²) >= 11 is 0. The minimum absolute atomic E-state index is 0.0962. The Morgan fingerprint density at radius 2 is 1.69 bits per heavy atom. The Morgan fingerprint density at radius 1 is 1.02 bits per heavy atom. The third kappa shape index (κ3) is 8.85. The lowest BCUT2D eigenvalue weighted by molar-refractivity contribution is -0.144. The number of rotatable bonds is 11. The highest BCUT2D eigenvalue weighted by Gasteiger charge is 2.69. The molecule has 1 aliphatic carbocycles. The van der Waals surface area contributed by atoms with Gasteiger partial charge in [0.1, 0.15) is 12.1 Å². The Morgan fingerprint density at radius 3 is 2.29 bits per heavy atom. The number of urea groups is 1. The van der Waals surface area contributed by atoms with E-state index in [9.17, 15) is 28.8 Å². The number of piperidine rings is 1. The van der Waals surface area contributed by atoms with Crippen molar-refractivity contribution in [2.75, 3.05) is 26.2 Å². The number of amides is 5. The van der Waals surface area contributed by atoms with E-state index in [1.54, 1.807) is 0 Å². The standard InChI is InChI=1S/C33H53N5O7/c1-10-14-34-27(41)21(39)17-35-28(42)25-24-20(33(24,8)9)18-38(25)29(43)26(32(5,6)7)37-30(44)36-22(31(2,3)4)16-19-11-12-23(40)45-15-13-19/h10,19-20,22,24-26H,1,11-18H2,2-9H3,(H,34,41)(H,35,42)(H2,36,37,44)/t19?,20-,22+,24-,25-,26+/m0/s1. The Kier molecular flexibility index (Phi) is 11.1. The number of hydrogen-bond donors (Lipinski definition) is 4. The molecule has 0 aromatic rings. The van der Waals surface area contributed by atoms with Gasteiger partial charge in [0.15, 0.2) is 0 Å². The van der Waals surface area contributed by atoms with Gasteiger partial charge >= 0.3 is 12.0 Å². The number of nitrogens with one attached hydrogen (secondary N) is 4. The maximum Gasteiger partial charge on any atom is 0.315 e. The first-order valence-corrected chi connectivity index (χ1v) is 16.0. The summed E-state index contributed by atoms with van der Waals surface area (Å²) in [4.78, 5) is 78.7. The smallest absolute Gasteiger partial charge is 0.315 e. The Balaban J connectivity index is 1.73. The van der Waals surface area contributed by atoms with Gasteiger partial charge in [0, 0.05) is 25.6 Å². The quantitative estimate of drug-likeness (QED) is 0.155. The van der Waals surface area contributed by atoms with Gasteiger partial charge in [-0.1, -0.05) is 61.5 Å². The van der Waals surface area contributed by atoms with Crippen LogP contribution >= 0.6 is 0 Å². The number of ketones is 1. The Bertz CT molecular complexity index is 1180. The summed E-state index contributed by atoms with van der Waals surface area (Å²) in [5, 5.41) is 11.0. The molecule has 0 bridgehead atoms. The summed E-state index contributed by atoms with van der Waals surface area (Å²) in [6.45, 7) is 19.6. The monoisotopic (exact) mass is 631 g/mol. The maximum atomic E-state index is 14.2. The van der Waals surface area contributed by atoms with E-state index in [1.807, 2.05) is 55.4 Å². The average molecular weight is 632 g/mol. The molecule has 12 heteroatoms. The summed E-state index contributed by atoms with van der Waals surface area (Å²) in [6, 6.07) is -2.49. The fraction of sp³-hybridized carbons (Fsp3) is 0.758. The van der Waals surface area contributed by atoms with Crippen molar-refractivity contribution in [3.05, 3.63) is 12.7 Å². The van der Waals surface area contributed by atoms with Gasteiger partial charge in [-0.25, -0.2) is 4.79 Å². The summed E-state index contributed by atoms with van der Waals surface area (Å²) in [5.41, 5.74) is -1.15. The maximum absolute atomic E-state index is 14.2. The molecule has 0 aromatic carbocycles. The summed E-state index contributed by atoms with van der Waals surface area (Å²) in [6.07, 6.45) is 3.89. The van der Waals surface area contributed by atoms with Crippen molar-refractivity contribution in [3.8, 4) is 0 Å². The van der Waals surface area contributed by atoms with E-state index in [2.05, 4.69) is 27.8 Å². The summed E-state index contributed by atoms with van der Waals surface area (Å²) < 4.78 is 5.20. The first-order valence-electron chi connectivity index (χ1n) is 16.0. The number of esters is 1. The minimum Gasteiger partial charge on any atom is -0.466 e. The summed E-state index contributed by atoms with van der Waals surface area (Å²) in [7, 11) is 0. The molecule has 0 radical (unpaired) electrons. The number of carbonyl (C=O) groups excluding carboxylic acids is 6. The molecule has 45 heavy (non-hydrogen) atoms. The third-order valence-corrected chi connectivity index (χ3v) is 9.70. The normalized spacial score (nSPS) is 25.4. The number of fused-ring (bicyclic) bond motifs is 1. The molecule has 1 saturated carbocycles. The van der Waals surface area contributed by atoms with Crippen molar-refractivity contribution >= 4 is 35.5 Å². The van der Waals surface area contributed by atoms with E-state index in [0.29, 0.717) is 32.4 Å². The highest BCUT2D eigenvalue weighted by molar-refractivity contribution is 6.37. The van der Waals surface area contributed by atoms with Crippen molar-refractivity contribution in [2.45, 2.75) is 99.2 Å². The molecule has 3 fully saturated rings. The molecule has 5 amide bonds. The van der Waals surface area contributed by atoms with E-state index in [4.69, 9.17) is 4.74 Å². The van der Waals surface area contributed by atoms with Crippen LogP contribution in [0.25, 0.3) is 0 Å². The molecule has 12 nitrogen and oxygen atoms in total. The first-order chi connectivity index (χ1) is 20.8. The highest BCUT2D eigenvalue weighted by Crippen LogP contribution is 2.65. The van der Waals surface area contributed by atoms with Crippen LogP contribution in [0.15, 0.2) is 12.7 Å². The molecule has 2 heterocycles. The van der Waals surface area contributed by atoms with Crippen LogP contribution in [-0.4, -0.2) is 84.8 Å². The lowest BCUT2D eigenvalue weighted by atomic mass is 9.79. The molecule has 1 unspecified atom stereocenters. The van der Waals surface area contributed by atoms with Gasteiger partial charge in [0.25, 0.3) is 5.91 Å². The number of Topliss-reactive ketones (excluding diaryl/α,β-unsaturated/α-hetero) is 1. The van der Waals surface area contributed by atoms with Crippen molar-refractivity contribution in [3.63, 3.8) is 0 Å². The molecular weight excluding hydrogens is 578 g/mol. The van der Waals surface area contributed by atoms with E-state index in [0.717, 1.165) is 6.42 Å². The third-order valence-electron chi connectivity index (χ3n) is 9.70. The summed E-state index contributed by atoms with van der Waals surface area (Å²) in [5.74, 6) is -2.49. The van der Waals surface area contributed by atoms with Gasteiger partial charge in [-0.05, 0) is 53.3 Å². The van der Waals surface area contributed by atoms with E-state index in [1.165, 1.54) is 11.0 Å². The van der Waals surface area contributed by atoms with Crippen LogP contribution in [-0.2, 0) is 28.7 Å². The van der Waals surface area contributed by atoms with Crippen LogP contribution < -0.4 is 21.3 Å². The van der Waals surface area contributed by atoms with Crippen molar-refractivity contribution in [1.82, 2.24) is 26.2 Å². The first kappa shape index (κ1) is 36.0. The topological polar surface area (TPSA) is 163 Å². The zero-order valence-corrected chi connectivity index (χ0v) is 28.2. The average Bonchev–Trinajstić information content (AvgIpc) is 3.30. The number of likely N-dealkylation sites (tertiary alicyclic amines) is 1. The minimum atomic E-state index is -0.941. The van der Waals surface area contributed by atoms with Crippen molar-refractivity contribution < 1.29 is 33.5 Å². The van der Waals surface area contributed by atoms with E-state index in [-0.39, 0.29) is 53.0 Å².